The van der Waals surface area contributed by atoms with E-state index in [1.807, 2.05) is 12.1 Å². The molecule has 2 heteroatoms. The number of pyridine rings is 1. The molecule has 0 aliphatic heterocycles. The van der Waals surface area contributed by atoms with Gasteiger partial charge in [-0.25, -0.2) is 4.98 Å². The Kier molecular flexibility index (Phi) is 2.49. The maximum Gasteiger partial charge on any atom is 0.119 e. The quantitative estimate of drug-likeness (QED) is 0.660. The second-order valence-corrected chi connectivity index (χ2v) is 5.21. The maximum atomic E-state index is 5.32. The van der Waals surface area contributed by atoms with E-state index in [0.717, 1.165) is 29.8 Å². The van der Waals surface area contributed by atoms with Crippen molar-refractivity contribution in [2.45, 2.75) is 12.8 Å². The summed E-state index contributed by atoms with van der Waals surface area (Å²) in [6, 6.07) is 16.9. The molecule has 98 valence electrons. The fourth-order valence-corrected chi connectivity index (χ4v) is 2.99. The normalized spacial score (nSPS) is 12.8. The summed E-state index contributed by atoms with van der Waals surface area (Å²) in [5.74, 6) is 0.924. The van der Waals surface area contributed by atoms with Gasteiger partial charge in [0.25, 0.3) is 0 Å². The molecule has 0 amide bonds. The number of methoxy groups -OCH3 is 1. The summed E-state index contributed by atoms with van der Waals surface area (Å²) in [4.78, 5) is 4.87. The number of aromatic nitrogens is 1. The van der Waals surface area contributed by atoms with Gasteiger partial charge in [-0.15, -0.1) is 0 Å². The van der Waals surface area contributed by atoms with E-state index in [1.165, 1.54) is 22.1 Å². The van der Waals surface area contributed by atoms with E-state index in [2.05, 4.69) is 36.4 Å². The van der Waals surface area contributed by atoms with Crippen LogP contribution < -0.4 is 4.74 Å². The highest BCUT2D eigenvalue weighted by Gasteiger charge is 2.18. The molecule has 1 aromatic heterocycles. The van der Waals surface area contributed by atoms with Crippen molar-refractivity contribution < 1.29 is 4.74 Å². The molecule has 2 nitrogen and oxygen atoms in total. The standard InChI is InChI=1S/C18H15NO/c1-20-15-8-9-16-12(11-15)6-7-14-10-13-4-2-3-5-17(13)19-18(14)16/h2-5,8-11H,6-7H2,1H3. The van der Waals surface area contributed by atoms with Crippen LogP contribution in [-0.4, -0.2) is 12.1 Å². The minimum Gasteiger partial charge on any atom is -0.497 e. The van der Waals surface area contributed by atoms with Crippen LogP contribution in [0, 0.1) is 0 Å². The Labute approximate surface area is 118 Å². The number of hydrogen-bond donors (Lipinski definition) is 0. The Hall–Kier alpha value is -2.35. The van der Waals surface area contributed by atoms with E-state index in [0.29, 0.717) is 0 Å². The van der Waals surface area contributed by atoms with Crippen molar-refractivity contribution in [3.05, 3.63) is 59.7 Å². The summed E-state index contributed by atoms with van der Waals surface area (Å²) in [6.07, 6.45) is 2.10. The van der Waals surface area contributed by atoms with E-state index in [4.69, 9.17) is 9.72 Å². The summed E-state index contributed by atoms with van der Waals surface area (Å²) >= 11 is 0. The lowest BCUT2D eigenvalue weighted by Gasteiger charge is -2.20. The average molecular weight is 261 g/mol. The predicted octanol–water partition coefficient (Wildman–Crippen LogP) is 4.01. The third-order valence-electron chi connectivity index (χ3n) is 4.03. The highest BCUT2D eigenvalue weighted by atomic mass is 16.5. The highest BCUT2D eigenvalue weighted by Crippen LogP contribution is 2.35. The highest BCUT2D eigenvalue weighted by molar-refractivity contribution is 5.84. The van der Waals surface area contributed by atoms with E-state index >= 15 is 0 Å². The molecule has 0 radical (unpaired) electrons. The first-order chi connectivity index (χ1) is 9.85. The molecule has 0 atom stereocenters. The molecule has 0 spiro atoms. The Morgan fingerprint density at radius 2 is 1.80 bits per heavy atom. The fraction of sp³-hybridized carbons (Fsp3) is 0.167. The van der Waals surface area contributed by atoms with Crippen molar-refractivity contribution in [2.24, 2.45) is 0 Å². The van der Waals surface area contributed by atoms with Gasteiger partial charge in [0.15, 0.2) is 0 Å². The SMILES string of the molecule is COc1ccc2c(c1)CCc1cc3ccccc3nc1-2. The molecule has 0 N–H and O–H groups in total. The summed E-state index contributed by atoms with van der Waals surface area (Å²) in [6.45, 7) is 0. The second-order valence-electron chi connectivity index (χ2n) is 5.21. The van der Waals surface area contributed by atoms with Crippen molar-refractivity contribution in [3.63, 3.8) is 0 Å². The van der Waals surface area contributed by atoms with Gasteiger partial charge in [0.1, 0.15) is 5.75 Å². The number of rotatable bonds is 1. The van der Waals surface area contributed by atoms with Crippen LogP contribution in [0.2, 0.25) is 0 Å². The molecule has 4 rings (SSSR count). The number of hydrogen-bond acceptors (Lipinski definition) is 2. The van der Waals surface area contributed by atoms with Crippen molar-refractivity contribution in [3.8, 4) is 17.0 Å². The van der Waals surface area contributed by atoms with Gasteiger partial charge in [-0.3, -0.25) is 0 Å². The molecule has 0 saturated carbocycles. The molecule has 0 fully saturated rings. The first-order valence-electron chi connectivity index (χ1n) is 6.91. The lowest BCUT2D eigenvalue weighted by molar-refractivity contribution is 0.414. The van der Waals surface area contributed by atoms with Crippen LogP contribution in [0.3, 0.4) is 0 Å². The lowest BCUT2D eigenvalue weighted by Crippen LogP contribution is -2.06. The number of aryl methyl sites for hydroxylation is 2. The van der Waals surface area contributed by atoms with E-state index in [9.17, 15) is 0 Å². The van der Waals surface area contributed by atoms with Crippen LogP contribution in [0.4, 0.5) is 0 Å². The van der Waals surface area contributed by atoms with Crippen LogP contribution in [0.5, 0.6) is 5.75 Å². The van der Waals surface area contributed by atoms with Gasteiger partial charge in [-0.2, -0.15) is 0 Å². The van der Waals surface area contributed by atoms with Crippen LogP contribution in [0.15, 0.2) is 48.5 Å². The van der Waals surface area contributed by atoms with Gasteiger partial charge < -0.3 is 4.74 Å². The molecule has 2 aromatic carbocycles. The predicted molar refractivity (Wildman–Crippen MR) is 81.1 cm³/mol. The van der Waals surface area contributed by atoms with Gasteiger partial charge in [0.05, 0.1) is 18.3 Å². The zero-order valence-electron chi connectivity index (χ0n) is 11.4. The third-order valence-corrected chi connectivity index (χ3v) is 4.03. The second kappa shape index (κ2) is 4.34. The van der Waals surface area contributed by atoms with Crippen molar-refractivity contribution in [1.29, 1.82) is 0 Å². The number of fused-ring (bicyclic) bond motifs is 4. The number of nitrogens with zero attached hydrogens (tertiary/aromatic N) is 1. The van der Waals surface area contributed by atoms with Gasteiger partial charge in [0.2, 0.25) is 0 Å². The molecule has 0 saturated heterocycles. The molecule has 20 heavy (non-hydrogen) atoms. The molecular formula is C18H15NO. The van der Waals surface area contributed by atoms with Gasteiger partial charge in [-0.1, -0.05) is 18.2 Å². The molecule has 1 aliphatic carbocycles. The monoisotopic (exact) mass is 261 g/mol. The summed E-state index contributed by atoms with van der Waals surface area (Å²) in [7, 11) is 1.71. The van der Waals surface area contributed by atoms with Crippen molar-refractivity contribution >= 4 is 10.9 Å². The lowest BCUT2D eigenvalue weighted by atomic mass is 9.88. The van der Waals surface area contributed by atoms with Gasteiger partial charge in [0, 0.05) is 10.9 Å². The Morgan fingerprint density at radius 3 is 2.70 bits per heavy atom. The third kappa shape index (κ3) is 1.68. The number of benzene rings is 2. The summed E-state index contributed by atoms with van der Waals surface area (Å²) in [5, 5.41) is 1.23. The zero-order chi connectivity index (χ0) is 13.5. The summed E-state index contributed by atoms with van der Waals surface area (Å²) < 4.78 is 5.32. The van der Waals surface area contributed by atoms with Gasteiger partial charge in [-0.05, 0) is 54.3 Å². The Morgan fingerprint density at radius 1 is 0.950 bits per heavy atom. The molecule has 0 bridgehead atoms. The summed E-state index contributed by atoms with van der Waals surface area (Å²) in [5.41, 5.74) is 6.13. The van der Waals surface area contributed by atoms with Crippen LogP contribution in [-0.2, 0) is 12.8 Å². The van der Waals surface area contributed by atoms with Crippen molar-refractivity contribution in [2.75, 3.05) is 7.11 Å². The van der Waals surface area contributed by atoms with E-state index in [-0.39, 0.29) is 0 Å². The first-order valence-corrected chi connectivity index (χ1v) is 6.91. The first kappa shape index (κ1) is 11.5. The van der Waals surface area contributed by atoms with Crippen LogP contribution in [0.1, 0.15) is 11.1 Å². The topological polar surface area (TPSA) is 22.1 Å². The molecule has 3 aromatic rings. The fourth-order valence-electron chi connectivity index (χ4n) is 2.99. The minimum absolute atomic E-state index is 0.924. The minimum atomic E-state index is 0.924. The molecule has 0 unspecified atom stereocenters. The van der Waals surface area contributed by atoms with Crippen molar-refractivity contribution in [1.82, 2.24) is 4.98 Å². The smallest absolute Gasteiger partial charge is 0.119 e. The Balaban J connectivity index is 1.96. The largest absolute Gasteiger partial charge is 0.497 e. The van der Waals surface area contributed by atoms with Gasteiger partial charge >= 0.3 is 0 Å². The maximum absolute atomic E-state index is 5.32. The number of ether oxygens (including phenoxy) is 1. The van der Waals surface area contributed by atoms with Crippen LogP contribution in [0.25, 0.3) is 22.2 Å². The zero-order valence-corrected chi connectivity index (χ0v) is 11.4. The Bertz CT molecular complexity index is 808. The molecular weight excluding hydrogens is 246 g/mol. The number of para-hydroxylation sites is 1. The van der Waals surface area contributed by atoms with E-state index < -0.39 is 0 Å². The molecule has 1 aliphatic rings. The average Bonchev–Trinajstić information content (AvgIpc) is 2.52. The van der Waals surface area contributed by atoms with E-state index in [1.54, 1.807) is 7.11 Å². The molecule has 1 heterocycles. The van der Waals surface area contributed by atoms with Crippen LogP contribution >= 0.6 is 0 Å².